The summed E-state index contributed by atoms with van der Waals surface area (Å²) < 4.78 is 1.85. The molecule has 1 atom stereocenters. The van der Waals surface area contributed by atoms with E-state index in [-0.39, 0.29) is 30.6 Å². The summed E-state index contributed by atoms with van der Waals surface area (Å²) in [5.74, 6) is 5.67. The fraction of sp³-hybridized carbons (Fsp3) is 0.565. The number of carbonyl (C=O) groups is 1. The first-order valence-electron chi connectivity index (χ1n) is 10.2. The van der Waals surface area contributed by atoms with E-state index in [1.54, 1.807) is 4.90 Å². The maximum Gasteiger partial charge on any atom is 0.255 e. The highest BCUT2D eigenvalue weighted by atomic mass is 16.2. The van der Waals surface area contributed by atoms with Crippen LogP contribution in [0.15, 0.2) is 23.1 Å². The standard InChI is InChI=1S/C23H29N3O2/c1-3-12-24(13-4-2)22(27)16-21-9-5-6-14-25(21)18-20-8-7-15-26(23(20)28)17-19-10-11-19/h1-2,7-8,15,19,21H,5-6,9-14,16-18H2/t21-/m1/s1. The van der Waals surface area contributed by atoms with Gasteiger partial charge in [0, 0.05) is 37.3 Å². The molecule has 28 heavy (non-hydrogen) atoms. The summed E-state index contributed by atoms with van der Waals surface area (Å²) in [6.07, 6.45) is 18.6. The average molecular weight is 380 g/mol. The quantitative estimate of drug-likeness (QED) is 0.650. The van der Waals surface area contributed by atoms with Crippen LogP contribution in [0.2, 0.25) is 0 Å². The second-order valence-corrected chi connectivity index (χ2v) is 7.92. The predicted molar refractivity (Wildman–Crippen MR) is 110 cm³/mol. The van der Waals surface area contributed by atoms with Crippen LogP contribution >= 0.6 is 0 Å². The first-order valence-corrected chi connectivity index (χ1v) is 10.2. The summed E-state index contributed by atoms with van der Waals surface area (Å²) in [5.41, 5.74) is 0.915. The lowest BCUT2D eigenvalue weighted by Gasteiger charge is -2.36. The molecule has 1 saturated heterocycles. The van der Waals surface area contributed by atoms with E-state index in [2.05, 4.69) is 16.7 Å². The van der Waals surface area contributed by atoms with Crippen molar-refractivity contribution in [1.29, 1.82) is 0 Å². The van der Waals surface area contributed by atoms with Crippen LogP contribution in [-0.4, -0.2) is 46.0 Å². The number of piperidine rings is 1. The summed E-state index contributed by atoms with van der Waals surface area (Å²) in [6.45, 7) is 2.79. The van der Waals surface area contributed by atoms with Gasteiger partial charge >= 0.3 is 0 Å². The topological polar surface area (TPSA) is 45.6 Å². The van der Waals surface area contributed by atoms with Gasteiger partial charge in [-0.1, -0.05) is 24.3 Å². The smallest absolute Gasteiger partial charge is 0.255 e. The molecule has 5 heteroatoms. The van der Waals surface area contributed by atoms with E-state index in [1.165, 1.54) is 12.8 Å². The minimum Gasteiger partial charge on any atom is -0.320 e. The molecule has 148 valence electrons. The van der Waals surface area contributed by atoms with E-state index in [0.717, 1.165) is 37.9 Å². The third-order valence-electron chi connectivity index (χ3n) is 5.70. The van der Waals surface area contributed by atoms with Gasteiger partial charge in [-0.15, -0.1) is 12.8 Å². The number of hydrogen-bond acceptors (Lipinski definition) is 3. The molecule has 2 aliphatic rings. The zero-order valence-corrected chi connectivity index (χ0v) is 16.5. The molecule has 1 aromatic heterocycles. The molecule has 2 heterocycles. The Hall–Kier alpha value is -2.50. The van der Waals surface area contributed by atoms with Gasteiger partial charge in [0.1, 0.15) is 0 Å². The molecule has 1 saturated carbocycles. The molecule has 0 spiro atoms. The molecule has 1 aliphatic carbocycles. The Morgan fingerprint density at radius 2 is 1.93 bits per heavy atom. The molecule has 0 aromatic carbocycles. The lowest BCUT2D eigenvalue weighted by molar-refractivity contribution is -0.131. The summed E-state index contributed by atoms with van der Waals surface area (Å²) in [6, 6.07) is 4.00. The molecule has 0 bridgehead atoms. The molecule has 0 unspecified atom stereocenters. The largest absolute Gasteiger partial charge is 0.320 e. The van der Waals surface area contributed by atoms with Gasteiger partial charge in [0.2, 0.25) is 5.91 Å². The van der Waals surface area contributed by atoms with Crippen LogP contribution in [0.3, 0.4) is 0 Å². The van der Waals surface area contributed by atoms with E-state index in [4.69, 9.17) is 12.8 Å². The van der Waals surface area contributed by atoms with Crippen molar-refractivity contribution < 1.29 is 4.79 Å². The number of pyridine rings is 1. The van der Waals surface area contributed by atoms with Gasteiger partial charge in [-0.05, 0) is 44.2 Å². The first kappa shape index (κ1) is 20.2. The number of likely N-dealkylation sites (tertiary alicyclic amines) is 1. The lowest BCUT2D eigenvalue weighted by atomic mass is 9.98. The van der Waals surface area contributed by atoms with Crippen molar-refractivity contribution in [1.82, 2.24) is 14.4 Å². The first-order chi connectivity index (χ1) is 13.6. The fourth-order valence-electron chi connectivity index (χ4n) is 3.93. The Bertz CT molecular complexity index is 809. The van der Waals surface area contributed by atoms with Crippen molar-refractivity contribution in [3.63, 3.8) is 0 Å². The van der Waals surface area contributed by atoms with Crippen molar-refractivity contribution >= 4 is 5.91 Å². The van der Waals surface area contributed by atoms with E-state index < -0.39 is 0 Å². The van der Waals surface area contributed by atoms with E-state index in [1.807, 2.05) is 22.9 Å². The number of terminal acetylenes is 2. The molecule has 2 fully saturated rings. The van der Waals surface area contributed by atoms with Gasteiger partial charge in [0.15, 0.2) is 0 Å². The van der Waals surface area contributed by atoms with Crippen molar-refractivity contribution in [2.75, 3.05) is 19.6 Å². The molecule has 0 radical (unpaired) electrons. The maximum atomic E-state index is 12.8. The minimum absolute atomic E-state index is 0.00740. The number of nitrogens with zero attached hydrogens (tertiary/aromatic N) is 3. The second-order valence-electron chi connectivity index (χ2n) is 7.92. The Morgan fingerprint density at radius 3 is 2.61 bits per heavy atom. The molecule has 1 aromatic rings. The van der Waals surface area contributed by atoms with Crippen molar-refractivity contribution in [3.05, 3.63) is 34.2 Å². The summed E-state index contributed by atoms with van der Waals surface area (Å²) in [5, 5.41) is 0. The zero-order chi connectivity index (χ0) is 19.9. The minimum atomic E-state index is -0.00740. The molecular formula is C23H29N3O2. The van der Waals surface area contributed by atoms with E-state index >= 15 is 0 Å². The number of hydrogen-bond donors (Lipinski definition) is 0. The number of rotatable bonds is 8. The summed E-state index contributed by atoms with van der Waals surface area (Å²) in [4.78, 5) is 29.3. The van der Waals surface area contributed by atoms with Crippen LogP contribution in [0.4, 0.5) is 0 Å². The lowest BCUT2D eigenvalue weighted by Crippen LogP contribution is -2.44. The van der Waals surface area contributed by atoms with Gasteiger partial charge in [-0.3, -0.25) is 14.5 Å². The fourth-order valence-corrected chi connectivity index (χ4v) is 3.93. The van der Waals surface area contributed by atoms with Crippen LogP contribution in [-0.2, 0) is 17.9 Å². The highest BCUT2D eigenvalue weighted by Gasteiger charge is 2.28. The van der Waals surface area contributed by atoms with Crippen LogP contribution in [0.5, 0.6) is 0 Å². The molecule has 3 rings (SSSR count). The van der Waals surface area contributed by atoms with Gasteiger partial charge < -0.3 is 9.47 Å². The third-order valence-corrected chi connectivity index (χ3v) is 5.70. The normalized spacial score (nSPS) is 19.6. The van der Waals surface area contributed by atoms with Gasteiger partial charge in [-0.25, -0.2) is 0 Å². The number of aromatic nitrogens is 1. The highest BCUT2D eigenvalue weighted by molar-refractivity contribution is 5.77. The monoisotopic (exact) mass is 379 g/mol. The van der Waals surface area contributed by atoms with Crippen molar-refractivity contribution in [2.45, 2.75) is 57.7 Å². The van der Waals surface area contributed by atoms with E-state index in [0.29, 0.717) is 18.9 Å². The van der Waals surface area contributed by atoms with Gasteiger partial charge in [0.25, 0.3) is 5.56 Å². The van der Waals surface area contributed by atoms with Crippen LogP contribution in [0.1, 0.15) is 44.1 Å². The molecular weight excluding hydrogens is 350 g/mol. The second kappa shape index (κ2) is 9.62. The molecule has 0 N–H and O–H groups in total. The van der Waals surface area contributed by atoms with Crippen LogP contribution in [0.25, 0.3) is 0 Å². The number of carbonyl (C=O) groups excluding carboxylic acids is 1. The van der Waals surface area contributed by atoms with Crippen molar-refractivity contribution in [3.8, 4) is 24.7 Å². The van der Waals surface area contributed by atoms with Crippen molar-refractivity contribution in [2.24, 2.45) is 5.92 Å². The van der Waals surface area contributed by atoms with Crippen LogP contribution in [0, 0.1) is 30.6 Å². The maximum absolute atomic E-state index is 12.8. The summed E-state index contributed by atoms with van der Waals surface area (Å²) >= 11 is 0. The van der Waals surface area contributed by atoms with Gasteiger partial charge in [-0.2, -0.15) is 0 Å². The van der Waals surface area contributed by atoms with Crippen LogP contribution < -0.4 is 5.56 Å². The predicted octanol–water partition coefficient (Wildman–Crippen LogP) is 2.10. The Labute approximate surface area is 167 Å². The SMILES string of the molecule is C#CCN(CC#C)C(=O)C[C@H]1CCCCN1Cc1cccn(CC2CC2)c1=O. The van der Waals surface area contributed by atoms with E-state index in [9.17, 15) is 9.59 Å². The highest BCUT2D eigenvalue weighted by Crippen LogP contribution is 2.30. The molecule has 5 nitrogen and oxygen atoms in total. The Balaban J connectivity index is 1.68. The molecule has 1 amide bonds. The average Bonchev–Trinajstić information content (AvgIpc) is 3.50. The third kappa shape index (κ3) is 5.27. The number of amides is 1. The Kier molecular flexibility index (Phi) is 6.95. The van der Waals surface area contributed by atoms with Gasteiger partial charge in [0.05, 0.1) is 13.1 Å². The summed E-state index contributed by atoms with van der Waals surface area (Å²) in [7, 11) is 0. The zero-order valence-electron chi connectivity index (χ0n) is 16.5. The Morgan fingerprint density at radius 1 is 1.18 bits per heavy atom. The molecule has 1 aliphatic heterocycles.